The van der Waals surface area contributed by atoms with Crippen molar-refractivity contribution in [3.8, 4) is 23.0 Å². The Balaban J connectivity index is 2.32. The van der Waals surface area contributed by atoms with Crippen LogP contribution in [0, 0.1) is 13.8 Å². The minimum atomic E-state index is 0.710. The number of benzene rings is 2. The van der Waals surface area contributed by atoms with Crippen LogP contribution in [0.3, 0.4) is 0 Å². The molecule has 2 aromatic rings. The van der Waals surface area contributed by atoms with Crippen molar-refractivity contribution in [1.82, 2.24) is 0 Å². The van der Waals surface area contributed by atoms with Crippen molar-refractivity contribution in [1.29, 1.82) is 0 Å². The highest BCUT2D eigenvalue weighted by Crippen LogP contribution is 2.36. The first kappa shape index (κ1) is 28.9. The lowest BCUT2D eigenvalue weighted by Gasteiger charge is -2.19. The van der Waals surface area contributed by atoms with E-state index in [2.05, 4.69) is 65.8 Å². The molecule has 0 bridgehead atoms. The molecule has 0 aliphatic heterocycles. The number of unbranched alkanes of at least 4 members (excludes halogenated alkanes) is 4. The van der Waals surface area contributed by atoms with E-state index in [0.717, 1.165) is 94.0 Å². The molecule has 0 amide bonds. The first-order valence-electron chi connectivity index (χ1n) is 13.8. The van der Waals surface area contributed by atoms with Crippen LogP contribution in [-0.2, 0) is 6.42 Å². The average molecular weight is 485 g/mol. The Hall–Kier alpha value is -2.36. The Morgan fingerprint density at radius 3 is 1.03 bits per heavy atom. The lowest BCUT2D eigenvalue weighted by molar-refractivity contribution is 0.261. The van der Waals surface area contributed by atoms with Gasteiger partial charge in [0.1, 0.15) is 0 Å². The molecule has 0 atom stereocenters. The molecule has 196 valence electrons. The van der Waals surface area contributed by atoms with Crippen LogP contribution in [0.5, 0.6) is 23.0 Å². The van der Waals surface area contributed by atoms with Crippen LogP contribution in [0.4, 0.5) is 0 Å². The van der Waals surface area contributed by atoms with Gasteiger partial charge in [0.25, 0.3) is 0 Å². The van der Waals surface area contributed by atoms with Gasteiger partial charge in [0, 0.05) is 0 Å². The van der Waals surface area contributed by atoms with E-state index in [1.54, 1.807) is 0 Å². The Labute approximate surface area is 214 Å². The molecular formula is C31H48O4. The van der Waals surface area contributed by atoms with Gasteiger partial charge in [-0.15, -0.1) is 0 Å². The minimum Gasteiger partial charge on any atom is -0.490 e. The summed E-state index contributed by atoms with van der Waals surface area (Å²) in [6, 6.07) is 8.63. The maximum atomic E-state index is 6.17. The lowest BCUT2D eigenvalue weighted by atomic mass is 9.96. The molecule has 2 aromatic carbocycles. The summed E-state index contributed by atoms with van der Waals surface area (Å²) in [5.41, 5.74) is 4.94. The Morgan fingerprint density at radius 1 is 0.457 bits per heavy atom. The van der Waals surface area contributed by atoms with Crippen molar-refractivity contribution in [2.24, 2.45) is 0 Å². The van der Waals surface area contributed by atoms with E-state index in [1.165, 1.54) is 22.3 Å². The van der Waals surface area contributed by atoms with E-state index in [0.29, 0.717) is 13.2 Å². The van der Waals surface area contributed by atoms with Gasteiger partial charge < -0.3 is 18.9 Å². The number of aryl methyl sites for hydroxylation is 2. The molecule has 0 aromatic heterocycles. The minimum absolute atomic E-state index is 0.710. The van der Waals surface area contributed by atoms with E-state index in [4.69, 9.17) is 18.9 Å². The summed E-state index contributed by atoms with van der Waals surface area (Å²) >= 11 is 0. The molecule has 0 spiro atoms. The first-order valence-corrected chi connectivity index (χ1v) is 13.8. The van der Waals surface area contributed by atoms with Crippen molar-refractivity contribution in [2.45, 2.75) is 99.3 Å². The number of rotatable bonds is 18. The topological polar surface area (TPSA) is 36.9 Å². The second-order valence-corrected chi connectivity index (χ2v) is 9.44. The van der Waals surface area contributed by atoms with Gasteiger partial charge in [0.15, 0.2) is 23.0 Å². The Bertz CT molecular complexity index is 803. The predicted octanol–water partition coefficient (Wildman–Crippen LogP) is 8.61. The van der Waals surface area contributed by atoms with Crippen LogP contribution in [0.1, 0.15) is 101 Å². The van der Waals surface area contributed by atoms with E-state index < -0.39 is 0 Å². The average Bonchev–Trinajstić information content (AvgIpc) is 2.84. The second-order valence-electron chi connectivity index (χ2n) is 9.44. The molecule has 0 saturated carbocycles. The fourth-order valence-corrected chi connectivity index (χ4v) is 3.75. The van der Waals surface area contributed by atoms with Gasteiger partial charge >= 0.3 is 0 Å². The zero-order valence-electron chi connectivity index (χ0n) is 23.1. The number of hydrogen-bond donors (Lipinski definition) is 0. The second kappa shape index (κ2) is 16.3. The van der Waals surface area contributed by atoms with Gasteiger partial charge in [0.2, 0.25) is 0 Å². The van der Waals surface area contributed by atoms with E-state index in [-0.39, 0.29) is 0 Å². The monoisotopic (exact) mass is 484 g/mol. The van der Waals surface area contributed by atoms with Crippen molar-refractivity contribution in [2.75, 3.05) is 26.4 Å². The standard InChI is InChI=1S/C31H48O4/c1-7-11-15-32-28-19-24(5)26(22-30(28)34-17-13-9-3)21-27-23-31(35-18-14-10-4)29(20-25(27)6)33-16-12-8-2/h19-20,22-23H,7-18,21H2,1-6H3. The van der Waals surface area contributed by atoms with Gasteiger partial charge in [-0.05, 0) is 92.5 Å². The van der Waals surface area contributed by atoms with Crippen LogP contribution in [-0.4, -0.2) is 26.4 Å². The SMILES string of the molecule is CCCCOc1cc(C)c(Cc2cc(OCCCC)c(OCCCC)cc2C)cc1OCCCC. The van der Waals surface area contributed by atoms with Crippen LogP contribution in [0.15, 0.2) is 24.3 Å². The Morgan fingerprint density at radius 2 is 0.743 bits per heavy atom. The van der Waals surface area contributed by atoms with Crippen LogP contribution in [0.25, 0.3) is 0 Å². The molecule has 0 unspecified atom stereocenters. The molecule has 0 radical (unpaired) electrons. The molecule has 4 heteroatoms. The highest BCUT2D eigenvalue weighted by atomic mass is 16.5. The third-order valence-electron chi connectivity index (χ3n) is 6.21. The summed E-state index contributed by atoms with van der Waals surface area (Å²) in [6.07, 6.45) is 9.42. The third kappa shape index (κ3) is 9.66. The largest absolute Gasteiger partial charge is 0.490 e. The van der Waals surface area contributed by atoms with Gasteiger partial charge in [-0.3, -0.25) is 0 Å². The van der Waals surface area contributed by atoms with Gasteiger partial charge in [-0.1, -0.05) is 53.4 Å². The van der Waals surface area contributed by atoms with Gasteiger partial charge in [-0.25, -0.2) is 0 Å². The molecule has 35 heavy (non-hydrogen) atoms. The van der Waals surface area contributed by atoms with E-state index in [9.17, 15) is 0 Å². The number of hydrogen-bond acceptors (Lipinski definition) is 4. The summed E-state index contributed by atoms with van der Waals surface area (Å²) in [5, 5.41) is 0. The normalized spacial score (nSPS) is 10.9. The van der Waals surface area contributed by atoms with Crippen LogP contribution < -0.4 is 18.9 Å². The number of ether oxygens (including phenoxy) is 4. The first-order chi connectivity index (χ1) is 17.0. The summed E-state index contributed by atoms with van der Waals surface area (Å²) in [7, 11) is 0. The summed E-state index contributed by atoms with van der Waals surface area (Å²) < 4.78 is 24.5. The van der Waals surface area contributed by atoms with Crippen LogP contribution in [0.2, 0.25) is 0 Å². The fraction of sp³-hybridized carbons (Fsp3) is 0.613. The highest BCUT2D eigenvalue weighted by Gasteiger charge is 2.15. The zero-order valence-corrected chi connectivity index (χ0v) is 23.1. The van der Waals surface area contributed by atoms with Crippen molar-refractivity contribution < 1.29 is 18.9 Å². The molecular weight excluding hydrogens is 436 g/mol. The van der Waals surface area contributed by atoms with Crippen LogP contribution >= 0.6 is 0 Å². The quantitative estimate of drug-likeness (QED) is 0.198. The fourth-order valence-electron chi connectivity index (χ4n) is 3.75. The van der Waals surface area contributed by atoms with Gasteiger partial charge in [-0.2, -0.15) is 0 Å². The van der Waals surface area contributed by atoms with E-state index >= 15 is 0 Å². The maximum Gasteiger partial charge on any atom is 0.161 e. The highest BCUT2D eigenvalue weighted by molar-refractivity contribution is 5.52. The molecule has 0 aliphatic carbocycles. The summed E-state index contributed by atoms with van der Waals surface area (Å²) in [5.74, 6) is 3.42. The van der Waals surface area contributed by atoms with Crippen molar-refractivity contribution in [3.63, 3.8) is 0 Å². The molecule has 0 N–H and O–H groups in total. The third-order valence-corrected chi connectivity index (χ3v) is 6.21. The summed E-state index contributed by atoms with van der Waals surface area (Å²) in [4.78, 5) is 0. The summed E-state index contributed by atoms with van der Waals surface area (Å²) in [6.45, 7) is 15.9. The lowest BCUT2D eigenvalue weighted by Crippen LogP contribution is -2.06. The molecule has 4 nitrogen and oxygen atoms in total. The van der Waals surface area contributed by atoms with Crippen molar-refractivity contribution in [3.05, 3.63) is 46.5 Å². The predicted molar refractivity (Wildman–Crippen MR) is 147 cm³/mol. The Kier molecular flexibility index (Phi) is 13.5. The smallest absolute Gasteiger partial charge is 0.161 e. The molecule has 0 heterocycles. The van der Waals surface area contributed by atoms with E-state index in [1.807, 2.05) is 0 Å². The molecule has 0 aliphatic rings. The molecule has 0 saturated heterocycles. The van der Waals surface area contributed by atoms with Crippen molar-refractivity contribution >= 4 is 0 Å². The maximum absolute atomic E-state index is 6.17. The molecule has 2 rings (SSSR count). The van der Waals surface area contributed by atoms with Gasteiger partial charge in [0.05, 0.1) is 26.4 Å². The zero-order chi connectivity index (χ0) is 25.5. The molecule has 0 fully saturated rings.